The molecule has 2 aromatic rings. The molecule has 0 aliphatic carbocycles. The van der Waals surface area contributed by atoms with Crippen LogP contribution in [0.4, 0.5) is 8.78 Å². The first-order chi connectivity index (χ1) is 8.99. The van der Waals surface area contributed by atoms with Gasteiger partial charge < -0.3 is 5.11 Å². The molecule has 4 nitrogen and oxygen atoms in total. The average Bonchev–Trinajstić information content (AvgIpc) is 2.73. The quantitative estimate of drug-likeness (QED) is 0.862. The lowest BCUT2D eigenvalue weighted by Crippen LogP contribution is -2.04. The van der Waals surface area contributed by atoms with Crippen LogP contribution < -0.4 is 0 Å². The summed E-state index contributed by atoms with van der Waals surface area (Å²) >= 11 is 4.03. The van der Waals surface area contributed by atoms with Crippen LogP contribution in [-0.4, -0.2) is 26.4 Å². The fourth-order valence-electron chi connectivity index (χ4n) is 1.46. The number of carbonyl (C=O) groups is 1. The van der Waals surface area contributed by atoms with Gasteiger partial charge in [0.05, 0.1) is 11.4 Å². The van der Waals surface area contributed by atoms with Crippen molar-refractivity contribution in [2.24, 2.45) is 0 Å². The summed E-state index contributed by atoms with van der Waals surface area (Å²) in [6, 6.07) is 1.88. The van der Waals surface area contributed by atoms with Crippen molar-refractivity contribution in [3.05, 3.63) is 40.6 Å². The van der Waals surface area contributed by atoms with Gasteiger partial charge >= 0.3 is 5.97 Å². The van der Waals surface area contributed by atoms with Crippen LogP contribution >= 0.6 is 27.7 Å². The summed E-state index contributed by atoms with van der Waals surface area (Å²) in [5.74, 6) is -2.66. The Morgan fingerprint density at radius 1 is 1.47 bits per heavy atom. The van der Waals surface area contributed by atoms with Crippen molar-refractivity contribution in [2.45, 2.75) is 5.16 Å². The Hall–Kier alpha value is -1.41. The van der Waals surface area contributed by atoms with Crippen LogP contribution in [0.15, 0.2) is 34.2 Å². The van der Waals surface area contributed by atoms with Gasteiger partial charge in [0.1, 0.15) is 5.82 Å². The molecule has 0 radical (unpaired) electrons. The van der Waals surface area contributed by atoms with Crippen molar-refractivity contribution >= 4 is 33.7 Å². The van der Waals surface area contributed by atoms with Crippen molar-refractivity contribution in [2.75, 3.05) is 5.75 Å². The second-order valence-corrected chi connectivity index (χ2v) is 5.28. The van der Waals surface area contributed by atoms with Gasteiger partial charge in [-0.25, -0.2) is 13.8 Å². The Labute approximate surface area is 119 Å². The number of carboxylic acids is 1. The zero-order chi connectivity index (χ0) is 14.0. The summed E-state index contributed by atoms with van der Waals surface area (Å²) in [4.78, 5) is 14.5. The van der Waals surface area contributed by atoms with Crippen LogP contribution in [0, 0.1) is 11.6 Å². The van der Waals surface area contributed by atoms with Gasteiger partial charge in [-0.2, -0.15) is 0 Å². The van der Waals surface area contributed by atoms with Crippen LogP contribution in [0.5, 0.6) is 0 Å². The van der Waals surface area contributed by atoms with Crippen molar-refractivity contribution < 1.29 is 18.7 Å². The van der Waals surface area contributed by atoms with E-state index in [0.29, 0.717) is 5.16 Å². The van der Waals surface area contributed by atoms with Crippen molar-refractivity contribution in [3.63, 3.8) is 0 Å². The van der Waals surface area contributed by atoms with E-state index in [0.717, 1.165) is 23.9 Å². The van der Waals surface area contributed by atoms with Gasteiger partial charge in [-0.3, -0.25) is 9.36 Å². The maximum atomic E-state index is 13.8. The molecule has 0 bridgehead atoms. The molecule has 2 rings (SSSR count). The fraction of sp³-hybridized carbons (Fsp3) is 0.0909. The molecule has 0 saturated heterocycles. The molecule has 0 saturated carbocycles. The van der Waals surface area contributed by atoms with E-state index in [1.165, 1.54) is 17.0 Å². The zero-order valence-electron chi connectivity index (χ0n) is 9.31. The lowest BCUT2D eigenvalue weighted by molar-refractivity contribution is -0.133. The number of thioether (sulfide) groups is 1. The van der Waals surface area contributed by atoms with Crippen molar-refractivity contribution in [3.8, 4) is 5.69 Å². The second-order valence-electron chi connectivity index (χ2n) is 3.48. The minimum atomic E-state index is -1.00. The highest BCUT2D eigenvalue weighted by Gasteiger charge is 2.15. The zero-order valence-corrected chi connectivity index (χ0v) is 11.7. The molecule has 1 heterocycles. The SMILES string of the molecule is O=C(O)CSc1nccn1-c1c(F)cc(F)cc1Br. The van der Waals surface area contributed by atoms with E-state index < -0.39 is 17.6 Å². The molecule has 0 aliphatic rings. The Morgan fingerprint density at radius 3 is 2.84 bits per heavy atom. The van der Waals surface area contributed by atoms with Gasteiger partial charge in [-0.15, -0.1) is 0 Å². The molecule has 1 N–H and O–H groups in total. The maximum Gasteiger partial charge on any atom is 0.313 e. The fourth-order valence-corrected chi connectivity index (χ4v) is 2.74. The molecule has 0 spiro atoms. The molecule has 100 valence electrons. The van der Waals surface area contributed by atoms with E-state index in [9.17, 15) is 13.6 Å². The van der Waals surface area contributed by atoms with Crippen LogP contribution in [-0.2, 0) is 4.79 Å². The highest BCUT2D eigenvalue weighted by atomic mass is 79.9. The predicted octanol–water partition coefficient (Wildman–Crippen LogP) is 3.09. The normalized spacial score (nSPS) is 10.7. The molecule has 0 unspecified atom stereocenters. The summed E-state index contributed by atoms with van der Waals surface area (Å²) < 4.78 is 28.4. The van der Waals surface area contributed by atoms with Gasteiger partial charge in [0.2, 0.25) is 0 Å². The predicted molar refractivity (Wildman–Crippen MR) is 69.5 cm³/mol. The Balaban J connectivity index is 2.43. The Kier molecular flexibility index (Phi) is 4.20. The Morgan fingerprint density at radius 2 is 2.21 bits per heavy atom. The van der Waals surface area contributed by atoms with Crippen molar-refractivity contribution in [1.29, 1.82) is 0 Å². The molecule has 1 aromatic heterocycles. The minimum Gasteiger partial charge on any atom is -0.481 e. The van der Waals surface area contributed by atoms with Gasteiger partial charge in [0.15, 0.2) is 11.0 Å². The molecule has 0 atom stereocenters. The smallest absolute Gasteiger partial charge is 0.313 e. The molecule has 19 heavy (non-hydrogen) atoms. The maximum absolute atomic E-state index is 13.8. The second kappa shape index (κ2) is 5.70. The summed E-state index contributed by atoms with van der Waals surface area (Å²) in [7, 11) is 0. The number of hydrogen-bond acceptors (Lipinski definition) is 3. The number of halogens is 3. The molecule has 1 aromatic carbocycles. The van der Waals surface area contributed by atoms with Crippen LogP contribution in [0.2, 0.25) is 0 Å². The molecule has 8 heteroatoms. The highest BCUT2D eigenvalue weighted by molar-refractivity contribution is 9.10. The number of imidazole rings is 1. The number of aliphatic carboxylic acids is 1. The lowest BCUT2D eigenvalue weighted by atomic mass is 10.3. The first kappa shape index (κ1) is 14.0. The van der Waals surface area contributed by atoms with E-state index in [2.05, 4.69) is 20.9 Å². The van der Waals surface area contributed by atoms with Crippen LogP contribution in [0.25, 0.3) is 5.69 Å². The lowest BCUT2D eigenvalue weighted by Gasteiger charge is -2.10. The first-order valence-corrected chi connectivity index (χ1v) is 6.79. The van der Waals surface area contributed by atoms with Gasteiger partial charge in [-0.05, 0) is 22.0 Å². The largest absolute Gasteiger partial charge is 0.481 e. The van der Waals surface area contributed by atoms with Gasteiger partial charge in [0, 0.05) is 22.9 Å². The third-order valence-corrected chi connectivity index (χ3v) is 3.71. The molecule has 0 fully saturated rings. The van der Waals surface area contributed by atoms with E-state index in [-0.39, 0.29) is 15.9 Å². The third-order valence-electron chi connectivity index (χ3n) is 2.15. The number of hydrogen-bond donors (Lipinski definition) is 1. The summed E-state index contributed by atoms with van der Waals surface area (Å²) in [5.41, 5.74) is 0.0896. The monoisotopic (exact) mass is 348 g/mol. The number of nitrogens with zero attached hydrogens (tertiary/aromatic N) is 2. The summed E-state index contributed by atoms with van der Waals surface area (Å²) in [6.07, 6.45) is 2.89. The van der Waals surface area contributed by atoms with E-state index in [4.69, 9.17) is 5.11 Å². The average molecular weight is 349 g/mol. The first-order valence-electron chi connectivity index (χ1n) is 5.02. The standard InChI is InChI=1S/C11H7BrF2N2O2S/c12-7-3-6(13)4-8(14)10(7)16-2-1-15-11(16)19-5-9(17)18/h1-4H,5H2,(H,17,18). The van der Waals surface area contributed by atoms with E-state index in [1.54, 1.807) is 0 Å². The van der Waals surface area contributed by atoms with Gasteiger partial charge in [0.25, 0.3) is 0 Å². The van der Waals surface area contributed by atoms with Crippen LogP contribution in [0.3, 0.4) is 0 Å². The molecular weight excluding hydrogens is 342 g/mol. The number of aromatic nitrogens is 2. The molecule has 0 amide bonds. The minimum absolute atomic E-state index is 0.0896. The highest BCUT2D eigenvalue weighted by Crippen LogP contribution is 2.29. The van der Waals surface area contributed by atoms with Gasteiger partial charge in [-0.1, -0.05) is 11.8 Å². The van der Waals surface area contributed by atoms with Crippen LogP contribution in [0.1, 0.15) is 0 Å². The number of benzene rings is 1. The molecular formula is C11H7BrF2N2O2S. The Bertz CT molecular complexity index is 610. The van der Waals surface area contributed by atoms with E-state index in [1.807, 2.05) is 0 Å². The third kappa shape index (κ3) is 3.13. The summed E-state index contributed by atoms with van der Waals surface area (Å²) in [5, 5.41) is 8.94. The topological polar surface area (TPSA) is 55.1 Å². The summed E-state index contributed by atoms with van der Waals surface area (Å²) in [6.45, 7) is 0. The van der Waals surface area contributed by atoms with Crippen molar-refractivity contribution in [1.82, 2.24) is 9.55 Å². The molecule has 0 aliphatic heterocycles. The number of rotatable bonds is 4. The van der Waals surface area contributed by atoms with E-state index >= 15 is 0 Å². The number of carboxylic acid groups (broad SMARTS) is 1.